The normalized spacial score (nSPS) is 11.4. The van der Waals surface area contributed by atoms with Gasteiger partial charge in [0.15, 0.2) is 17.5 Å². The Labute approximate surface area is 335 Å². The molecule has 0 radical (unpaired) electrons. The third kappa shape index (κ3) is 6.31. The number of pyridine rings is 2. The van der Waals surface area contributed by atoms with E-state index >= 15 is 0 Å². The Morgan fingerprint density at radius 3 is 1.07 bits per heavy atom. The van der Waals surface area contributed by atoms with Gasteiger partial charge in [-0.15, -0.1) is 0 Å². The van der Waals surface area contributed by atoms with Crippen molar-refractivity contribution in [3.05, 3.63) is 200 Å². The summed E-state index contributed by atoms with van der Waals surface area (Å²) in [6.07, 6.45) is 0. The molecule has 0 spiro atoms. The molecule has 0 saturated heterocycles. The second-order valence-electron chi connectivity index (χ2n) is 14.6. The largest absolute Gasteiger partial charge is 0.248 e. The molecule has 0 aliphatic carbocycles. The standard InChI is InChI=1S/C53H33N5/c1-3-11-34(12-4-1)35-19-21-37(22-20-35)52-56-51(36-13-5-2-6-14-36)57-53(58-52)46-30-44(47-25-23-42-27-38-15-7-9-17-40(38)32-49(42)54-47)29-45(31-46)48-26-24-43-28-39-16-8-10-18-41(39)33-50(43)55-48/h1-33H. The average Bonchev–Trinajstić information content (AvgIpc) is 3.30. The van der Waals surface area contributed by atoms with Crippen LogP contribution in [0.5, 0.6) is 0 Å². The van der Waals surface area contributed by atoms with Crippen molar-refractivity contribution in [3.8, 4) is 67.8 Å². The Bertz CT molecular complexity index is 3190. The highest BCUT2D eigenvalue weighted by Crippen LogP contribution is 2.35. The SMILES string of the molecule is c1ccc(-c2ccc(-c3nc(-c4ccccc4)nc(-c4cc(-c5ccc6cc7ccccc7cc6n5)cc(-c5ccc6cc7ccccc7cc6n5)c4)n3)cc2)cc1. The number of fused-ring (bicyclic) bond motifs is 4. The molecule has 0 atom stereocenters. The van der Waals surface area contributed by atoms with Gasteiger partial charge in [-0.1, -0.05) is 146 Å². The third-order valence-electron chi connectivity index (χ3n) is 10.8. The van der Waals surface area contributed by atoms with Gasteiger partial charge in [0.2, 0.25) is 0 Å². The predicted octanol–water partition coefficient (Wildman–Crippen LogP) is 13.3. The maximum absolute atomic E-state index is 5.24. The van der Waals surface area contributed by atoms with Crippen LogP contribution in [0.3, 0.4) is 0 Å². The molecule has 0 bridgehead atoms. The fourth-order valence-corrected chi connectivity index (χ4v) is 7.79. The van der Waals surface area contributed by atoms with Crippen molar-refractivity contribution in [2.45, 2.75) is 0 Å². The Morgan fingerprint density at radius 1 is 0.207 bits per heavy atom. The topological polar surface area (TPSA) is 64.5 Å². The smallest absolute Gasteiger partial charge is 0.164 e. The van der Waals surface area contributed by atoms with Crippen molar-refractivity contribution in [1.82, 2.24) is 24.9 Å². The number of nitrogens with zero attached hydrogens (tertiary/aromatic N) is 5. The van der Waals surface area contributed by atoms with Gasteiger partial charge >= 0.3 is 0 Å². The lowest BCUT2D eigenvalue weighted by molar-refractivity contribution is 1.07. The van der Waals surface area contributed by atoms with Crippen LogP contribution in [0.15, 0.2) is 200 Å². The van der Waals surface area contributed by atoms with Crippen molar-refractivity contribution in [1.29, 1.82) is 0 Å². The van der Waals surface area contributed by atoms with Crippen LogP contribution in [0.25, 0.3) is 111 Å². The molecule has 11 rings (SSSR count). The van der Waals surface area contributed by atoms with Crippen molar-refractivity contribution >= 4 is 43.4 Å². The minimum Gasteiger partial charge on any atom is -0.248 e. The highest BCUT2D eigenvalue weighted by molar-refractivity contribution is 5.99. The maximum Gasteiger partial charge on any atom is 0.164 e. The van der Waals surface area contributed by atoms with E-state index < -0.39 is 0 Å². The summed E-state index contributed by atoms with van der Waals surface area (Å²) in [4.78, 5) is 25.8. The molecule has 270 valence electrons. The van der Waals surface area contributed by atoms with Gasteiger partial charge in [0, 0.05) is 38.6 Å². The summed E-state index contributed by atoms with van der Waals surface area (Å²) in [5, 5.41) is 6.89. The fourth-order valence-electron chi connectivity index (χ4n) is 7.79. The molecule has 0 fully saturated rings. The van der Waals surface area contributed by atoms with Crippen LogP contribution in [0.4, 0.5) is 0 Å². The van der Waals surface area contributed by atoms with Crippen LogP contribution in [0, 0.1) is 0 Å². The average molecular weight is 740 g/mol. The monoisotopic (exact) mass is 739 g/mol. The quantitative estimate of drug-likeness (QED) is 0.159. The Kier molecular flexibility index (Phi) is 8.07. The molecule has 8 aromatic carbocycles. The predicted molar refractivity (Wildman–Crippen MR) is 238 cm³/mol. The van der Waals surface area contributed by atoms with Gasteiger partial charge in [-0.2, -0.15) is 0 Å². The van der Waals surface area contributed by atoms with E-state index in [0.29, 0.717) is 17.5 Å². The van der Waals surface area contributed by atoms with Crippen LogP contribution in [-0.4, -0.2) is 24.9 Å². The lowest BCUT2D eigenvalue weighted by Crippen LogP contribution is -2.01. The van der Waals surface area contributed by atoms with Crippen LogP contribution in [-0.2, 0) is 0 Å². The second kappa shape index (κ2) is 14.0. The lowest BCUT2D eigenvalue weighted by atomic mass is 9.98. The summed E-state index contributed by atoms with van der Waals surface area (Å²) < 4.78 is 0. The second-order valence-corrected chi connectivity index (χ2v) is 14.6. The first kappa shape index (κ1) is 33.4. The number of benzene rings is 8. The van der Waals surface area contributed by atoms with Gasteiger partial charge in [0.25, 0.3) is 0 Å². The van der Waals surface area contributed by atoms with Crippen LogP contribution in [0.2, 0.25) is 0 Å². The molecule has 0 aliphatic rings. The minimum atomic E-state index is 0.567. The molecule has 5 nitrogen and oxygen atoms in total. The number of hydrogen-bond acceptors (Lipinski definition) is 5. The Morgan fingerprint density at radius 2 is 0.569 bits per heavy atom. The molecule has 0 unspecified atom stereocenters. The summed E-state index contributed by atoms with van der Waals surface area (Å²) in [5.41, 5.74) is 10.4. The summed E-state index contributed by atoms with van der Waals surface area (Å²) in [6, 6.07) is 69.4. The minimum absolute atomic E-state index is 0.567. The summed E-state index contributed by atoms with van der Waals surface area (Å²) in [5.74, 6) is 1.77. The maximum atomic E-state index is 5.24. The Balaban J connectivity index is 1.10. The molecule has 3 aromatic heterocycles. The first-order chi connectivity index (χ1) is 28.7. The molecule has 58 heavy (non-hydrogen) atoms. The first-order valence-electron chi connectivity index (χ1n) is 19.4. The lowest BCUT2D eigenvalue weighted by Gasteiger charge is -2.13. The van der Waals surface area contributed by atoms with Gasteiger partial charge in [0.1, 0.15) is 0 Å². The van der Waals surface area contributed by atoms with E-state index in [4.69, 9.17) is 24.9 Å². The number of rotatable bonds is 6. The van der Waals surface area contributed by atoms with Gasteiger partial charge < -0.3 is 0 Å². The third-order valence-corrected chi connectivity index (χ3v) is 10.8. The molecule has 3 heterocycles. The molecular weight excluding hydrogens is 707 g/mol. The molecule has 0 saturated carbocycles. The zero-order valence-electron chi connectivity index (χ0n) is 31.3. The fraction of sp³-hybridized carbons (Fsp3) is 0. The first-order valence-corrected chi connectivity index (χ1v) is 19.4. The van der Waals surface area contributed by atoms with E-state index in [2.05, 4.69) is 164 Å². The molecular formula is C53H33N5. The van der Waals surface area contributed by atoms with E-state index in [1.54, 1.807) is 0 Å². The number of hydrogen-bond donors (Lipinski definition) is 0. The Hall–Kier alpha value is -7.89. The van der Waals surface area contributed by atoms with E-state index in [1.165, 1.54) is 10.8 Å². The van der Waals surface area contributed by atoms with Crippen LogP contribution < -0.4 is 0 Å². The molecule has 11 aromatic rings. The van der Waals surface area contributed by atoms with Crippen LogP contribution in [0.1, 0.15) is 0 Å². The van der Waals surface area contributed by atoms with Gasteiger partial charge in [-0.05, 0) is 87.3 Å². The molecule has 0 amide bonds. The van der Waals surface area contributed by atoms with E-state index in [9.17, 15) is 0 Å². The van der Waals surface area contributed by atoms with E-state index in [1.807, 2.05) is 36.4 Å². The van der Waals surface area contributed by atoms with Gasteiger partial charge in [-0.3, -0.25) is 0 Å². The molecule has 5 heteroatoms. The van der Waals surface area contributed by atoms with Crippen molar-refractivity contribution in [2.75, 3.05) is 0 Å². The summed E-state index contributed by atoms with van der Waals surface area (Å²) in [7, 11) is 0. The zero-order valence-corrected chi connectivity index (χ0v) is 31.3. The zero-order chi connectivity index (χ0) is 38.4. The van der Waals surface area contributed by atoms with Gasteiger partial charge in [0.05, 0.1) is 22.4 Å². The van der Waals surface area contributed by atoms with E-state index in [0.717, 1.165) is 82.9 Å². The van der Waals surface area contributed by atoms with Crippen molar-refractivity contribution in [2.24, 2.45) is 0 Å². The van der Waals surface area contributed by atoms with E-state index in [-0.39, 0.29) is 0 Å². The van der Waals surface area contributed by atoms with Crippen molar-refractivity contribution in [3.63, 3.8) is 0 Å². The summed E-state index contributed by atoms with van der Waals surface area (Å²) >= 11 is 0. The highest BCUT2D eigenvalue weighted by Gasteiger charge is 2.17. The van der Waals surface area contributed by atoms with Gasteiger partial charge in [-0.25, -0.2) is 24.9 Å². The molecule has 0 N–H and O–H groups in total. The number of aromatic nitrogens is 5. The summed E-state index contributed by atoms with van der Waals surface area (Å²) in [6.45, 7) is 0. The van der Waals surface area contributed by atoms with Crippen LogP contribution >= 0.6 is 0 Å². The highest BCUT2D eigenvalue weighted by atomic mass is 15.0. The molecule has 0 aliphatic heterocycles. The van der Waals surface area contributed by atoms with Crippen molar-refractivity contribution < 1.29 is 0 Å².